The molecule has 0 spiro atoms. The van der Waals surface area contributed by atoms with E-state index in [1.807, 2.05) is 71.3 Å². The number of hydrogen-bond donors (Lipinski definition) is 1. The number of aromatic nitrogens is 7. The third kappa shape index (κ3) is 4.72. The molecule has 1 saturated carbocycles. The minimum atomic E-state index is -0.638. The zero-order chi connectivity index (χ0) is 28.2. The lowest BCUT2D eigenvalue weighted by Gasteiger charge is -2.12. The number of aliphatic hydroxyl groups excluding tert-OH is 1. The smallest absolute Gasteiger partial charge is 0.181 e. The van der Waals surface area contributed by atoms with Crippen LogP contribution in [-0.4, -0.2) is 39.4 Å². The zero-order valence-electron chi connectivity index (χ0n) is 24.0. The SMILES string of the molecule is Cc1c(C(C)C)c(-c2cccc3nn(C[C@H](O)c4ccccc4)cc23)nn1-c1cc2cn(C)nc2nc1CC1CC1. The van der Waals surface area contributed by atoms with Gasteiger partial charge < -0.3 is 5.11 Å². The molecule has 6 aromatic rings. The lowest BCUT2D eigenvalue weighted by molar-refractivity contribution is 0.152. The molecule has 0 saturated heterocycles. The third-order valence-corrected chi connectivity index (χ3v) is 8.21. The molecule has 1 aliphatic rings. The van der Waals surface area contributed by atoms with Crippen molar-refractivity contribution in [3.8, 4) is 16.9 Å². The van der Waals surface area contributed by atoms with Gasteiger partial charge in [-0.15, -0.1) is 0 Å². The zero-order valence-corrected chi connectivity index (χ0v) is 24.0. The number of fused-ring (bicyclic) bond motifs is 2. The van der Waals surface area contributed by atoms with Crippen molar-refractivity contribution >= 4 is 21.9 Å². The van der Waals surface area contributed by atoms with E-state index in [1.165, 1.54) is 18.4 Å². The molecule has 0 radical (unpaired) electrons. The van der Waals surface area contributed by atoms with Crippen molar-refractivity contribution < 1.29 is 5.11 Å². The van der Waals surface area contributed by atoms with Crippen LogP contribution in [0.15, 0.2) is 67.0 Å². The number of nitrogens with zero attached hydrogens (tertiary/aromatic N) is 7. The quantitative estimate of drug-likeness (QED) is 0.243. The highest BCUT2D eigenvalue weighted by molar-refractivity contribution is 5.94. The average molecular weight is 546 g/mol. The summed E-state index contributed by atoms with van der Waals surface area (Å²) in [6.45, 7) is 7.00. The Balaban J connectivity index is 1.35. The molecular formula is C33H35N7O. The van der Waals surface area contributed by atoms with Crippen LogP contribution in [0, 0.1) is 12.8 Å². The largest absolute Gasteiger partial charge is 0.386 e. The van der Waals surface area contributed by atoms with Gasteiger partial charge in [0.1, 0.15) is 0 Å². The van der Waals surface area contributed by atoms with E-state index in [1.54, 1.807) is 0 Å². The maximum atomic E-state index is 10.8. The number of aliphatic hydroxyl groups is 1. The second-order valence-electron chi connectivity index (χ2n) is 11.7. The van der Waals surface area contributed by atoms with Crippen LogP contribution in [0.1, 0.15) is 61.2 Å². The molecule has 1 aliphatic carbocycles. The van der Waals surface area contributed by atoms with Crippen LogP contribution in [0.5, 0.6) is 0 Å². The molecule has 8 nitrogen and oxygen atoms in total. The fourth-order valence-corrected chi connectivity index (χ4v) is 6.02. The van der Waals surface area contributed by atoms with Gasteiger partial charge in [0.25, 0.3) is 0 Å². The Labute approximate surface area is 239 Å². The van der Waals surface area contributed by atoms with Gasteiger partial charge in [-0.2, -0.15) is 15.3 Å². The number of pyridine rings is 1. The van der Waals surface area contributed by atoms with Gasteiger partial charge >= 0.3 is 0 Å². The molecule has 2 aromatic carbocycles. The topological polar surface area (TPSA) is 86.6 Å². The fraction of sp³-hybridized carbons (Fsp3) is 0.333. The van der Waals surface area contributed by atoms with Gasteiger partial charge in [-0.3, -0.25) is 9.36 Å². The van der Waals surface area contributed by atoms with E-state index in [0.29, 0.717) is 12.5 Å². The Morgan fingerprint density at radius 1 is 0.976 bits per heavy atom. The monoisotopic (exact) mass is 545 g/mol. The summed E-state index contributed by atoms with van der Waals surface area (Å²) in [6.07, 6.45) is 6.88. The van der Waals surface area contributed by atoms with E-state index < -0.39 is 6.10 Å². The van der Waals surface area contributed by atoms with Gasteiger partial charge in [0.2, 0.25) is 0 Å². The van der Waals surface area contributed by atoms with Crippen molar-refractivity contribution in [1.29, 1.82) is 0 Å². The number of benzene rings is 2. The van der Waals surface area contributed by atoms with Gasteiger partial charge in [0.05, 0.1) is 35.2 Å². The van der Waals surface area contributed by atoms with Crippen molar-refractivity contribution in [3.63, 3.8) is 0 Å². The van der Waals surface area contributed by atoms with Crippen molar-refractivity contribution in [2.24, 2.45) is 13.0 Å². The third-order valence-electron chi connectivity index (χ3n) is 8.21. The van der Waals surface area contributed by atoms with E-state index in [-0.39, 0.29) is 5.92 Å². The highest BCUT2D eigenvalue weighted by Gasteiger charge is 2.27. The summed E-state index contributed by atoms with van der Waals surface area (Å²) < 4.78 is 5.78. The molecule has 41 heavy (non-hydrogen) atoms. The molecule has 0 aliphatic heterocycles. The summed E-state index contributed by atoms with van der Waals surface area (Å²) in [4.78, 5) is 5.03. The molecule has 4 aromatic heterocycles. The Bertz CT molecular complexity index is 1870. The average Bonchev–Trinajstić information content (AvgIpc) is 3.39. The maximum Gasteiger partial charge on any atom is 0.181 e. The van der Waals surface area contributed by atoms with Crippen molar-refractivity contribution in [2.75, 3.05) is 0 Å². The summed E-state index contributed by atoms with van der Waals surface area (Å²) in [5.74, 6) is 0.957. The first-order chi connectivity index (χ1) is 19.9. The van der Waals surface area contributed by atoms with Crippen LogP contribution >= 0.6 is 0 Å². The minimum Gasteiger partial charge on any atom is -0.386 e. The predicted octanol–water partition coefficient (Wildman–Crippen LogP) is 6.29. The summed E-state index contributed by atoms with van der Waals surface area (Å²) in [6, 6.07) is 18.1. The Morgan fingerprint density at radius 3 is 2.54 bits per heavy atom. The van der Waals surface area contributed by atoms with E-state index >= 15 is 0 Å². The van der Waals surface area contributed by atoms with Gasteiger partial charge in [0.15, 0.2) is 5.65 Å². The van der Waals surface area contributed by atoms with Gasteiger partial charge in [0, 0.05) is 47.0 Å². The maximum absolute atomic E-state index is 10.8. The molecule has 1 atom stereocenters. The molecule has 1 fully saturated rings. The fourth-order valence-electron chi connectivity index (χ4n) is 6.02. The lowest BCUT2D eigenvalue weighted by Crippen LogP contribution is -2.08. The van der Waals surface area contributed by atoms with Crippen LogP contribution < -0.4 is 0 Å². The summed E-state index contributed by atoms with van der Waals surface area (Å²) in [7, 11) is 1.94. The standard InChI is InChI=1S/C33H35N7O/c1-20(2)31-21(3)40(29-16-24-17-38(4)37-33(24)34-28(29)15-22-13-14-22)36-32(31)25-11-8-12-27-26(25)18-39(35-27)19-30(41)23-9-6-5-7-10-23/h5-12,16-18,20,22,30,41H,13-15,19H2,1-4H3/t30-/m0/s1. The van der Waals surface area contributed by atoms with Gasteiger partial charge in [-0.05, 0) is 55.7 Å². The number of hydrogen-bond acceptors (Lipinski definition) is 5. The molecule has 0 bridgehead atoms. The van der Waals surface area contributed by atoms with Gasteiger partial charge in [-0.25, -0.2) is 9.67 Å². The van der Waals surface area contributed by atoms with E-state index in [4.69, 9.17) is 15.2 Å². The second kappa shape index (κ2) is 9.96. The normalized spacial score (nSPS) is 14.5. The van der Waals surface area contributed by atoms with Crippen molar-refractivity contribution in [1.82, 2.24) is 34.3 Å². The highest BCUT2D eigenvalue weighted by Crippen LogP contribution is 2.38. The Hall–Kier alpha value is -4.30. The molecule has 1 N–H and O–H groups in total. The Kier molecular flexibility index (Phi) is 6.23. The van der Waals surface area contributed by atoms with Crippen LogP contribution in [0.4, 0.5) is 0 Å². The summed E-state index contributed by atoms with van der Waals surface area (Å²) >= 11 is 0. The Morgan fingerprint density at radius 2 is 1.78 bits per heavy atom. The van der Waals surface area contributed by atoms with Crippen LogP contribution in [0.2, 0.25) is 0 Å². The molecule has 8 heteroatoms. The second-order valence-corrected chi connectivity index (χ2v) is 11.7. The number of aryl methyl sites for hydroxylation is 1. The molecule has 208 valence electrons. The van der Waals surface area contributed by atoms with Gasteiger partial charge in [-0.1, -0.05) is 56.3 Å². The van der Waals surface area contributed by atoms with Crippen LogP contribution in [-0.2, 0) is 20.0 Å². The first-order valence-electron chi connectivity index (χ1n) is 14.5. The van der Waals surface area contributed by atoms with Crippen LogP contribution in [0.3, 0.4) is 0 Å². The first-order valence-corrected chi connectivity index (χ1v) is 14.5. The predicted molar refractivity (Wildman–Crippen MR) is 161 cm³/mol. The highest BCUT2D eigenvalue weighted by atomic mass is 16.3. The molecule has 4 heterocycles. The van der Waals surface area contributed by atoms with E-state index in [9.17, 15) is 5.11 Å². The number of rotatable bonds is 8. The van der Waals surface area contributed by atoms with E-state index in [0.717, 1.165) is 62.3 Å². The molecule has 0 amide bonds. The summed E-state index contributed by atoms with van der Waals surface area (Å²) in [5, 5.41) is 27.6. The lowest BCUT2D eigenvalue weighted by atomic mass is 9.95. The van der Waals surface area contributed by atoms with Crippen molar-refractivity contribution in [2.45, 2.75) is 58.6 Å². The minimum absolute atomic E-state index is 0.269. The van der Waals surface area contributed by atoms with Crippen molar-refractivity contribution in [3.05, 3.63) is 89.5 Å². The molecule has 7 rings (SSSR count). The first kappa shape index (κ1) is 25.7. The van der Waals surface area contributed by atoms with E-state index in [2.05, 4.69) is 42.7 Å². The van der Waals surface area contributed by atoms with Crippen LogP contribution in [0.25, 0.3) is 38.9 Å². The molecule has 0 unspecified atom stereocenters. The molecular weight excluding hydrogens is 510 g/mol. The summed E-state index contributed by atoms with van der Waals surface area (Å²) in [5.41, 5.74) is 9.02.